The van der Waals surface area contributed by atoms with E-state index in [4.69, 9.17) is 14.5 Å². The zero-order valence-electron chi connectivity index (χ0n) is 20.2. The highest BCUT2D eigenvalue weighted by atomic mass is 19.1. The van der Waals surface area contributed by atoms with Crippen molar-refractivity contribution in [2.75, 3.05) is 24.0 Å². The molecular weight excluding hydrogens is 451 g/mol. The van der Waals surface area contributed by atoms with E-state index in [1.54, 1.807) is 4.57 Å². The van der Waals surface area contributed by atoms with Crippen molar-refractivity contribution in [2.45, 2.75) is 52.0 Å². The minimum Gasteiger partial charge on any atom is -0.490 e. The van der Waals surface area contributed by atoms with Crippen LogP contribution in [0.5, 0.6) is 5.75 Å². The van der Waals surface area contributed by atoms with Crippen molar-refractivity contribution < 1.29 is 19.0 Å². The number of hydrogen-bond donors (Lipinski definition) is 2. The van der Waals surface area contributed by atoms with E-state index in [2.05, 4.69) is 11.9 Å². The molecule has 0 radical (unpaired) electrons. The SMILES string of the molecule is C=C1OCc2c(cc3n(c2=O)Cc2c-3nc3cc(F)c4c(c3c2NC(C)C)N(C)CO4)[C@@]1(O)CC. The minimum absolute atomic E-state index is 0.0549. The van der Waals surface area contributed by atoms with Gasteiger partial charge < -0.3 is 29.4 Å². The van der Waals surface area contributed by atoms with Crippen LogP contribution in [0, 0.1) is 5.82 Å². The number of aliphatic hydroxyl groups is 1. The first kappa shape index (κ1) is 21.9. The smallest absolute Gasteiger partial charge is 0.258 e. The Labute approximate surface area is 201 Å². The highest BCUT2D eigenvalue weighted by Crippen LogP contribution is 2.49. The van der Waals surface area contributed by atoms with Crippen LogP contribution in [-0.4, -0.2) is 34.5 Å². The van der Waals surface area contributed by atoms with E-state index in [1.807, 2.05) is 38.8 Å². The summed E-state index contributed by atoms with van der Waals surface area (Å²) in [7, 11) is 1.85. The molecule has 2 aromatic heterocycles. The lowest BCUT2D eigenvalue weighted by atomic mass is 9.84. The molecule has 3 aliphatic rings. The highest BCUT2D eigenvalue weighted by Gasteiger charge is 2.42. The van der Waals surface area contributed by atoms with E-state index in [1.165, 1.54) is 6.07 Å². The van der Waals surface area contributed by atoms with Gasteiger partial charge in [-0.1, -0.05) is 13.5 Å². The number of halogens is 1. The van der Waals surface area contributed by atoms with Gasteiger partial charge in [0.1, 0.15) is 18.0 Å². The fourth-order valence-corrected chi connectivity index (χ4v) is 5.46. The molecule has 3 aromatic rings. The Hall–Kier alpha value is -3.59. The number of rotatable bonds is 3. The predicted molar refractivity (Wildman–Crippen MR) is 131 cm³/mol. The lowest BCUT2D eigenvalue weighted by Crippen LogP contribution is -2.38. The number of aromatic nitrogens is 2. The molecule has 0 saturated heterocycles. The van der Waals surface area contributed by atoms with Gasteiger partial charge in [0, 0.05) is 30.3 Å². The maximum absolute atomic E-state index is 15.0. The van der Waals surface area contributed by atoms with Crippen LogP contribution >= 0.6 is 0 Å². The molecule has 0 spiro atoms. The number of benzene rings is 1. The molecule has 0 fully saturated rings. The molecule has 6 rings (SSSR count). The second-order valence-corrected chi connectivity index (χ2v) is 9.75. The summed E-state index contributed by atoms with van der Waals surface area (Å²) in [5.74, 6) is -0.0424. The van der Waals surface area contributed by atoms with Crippen LogP contribution in [0.3, 0.4) is 0 Å². The molecule has 9 heteroatoms. The first-order valence-corrected chi connectivity index (χ1v) is 11.8. The average Bonchev–Trinajstić information content (AvgIpc) is 3.38. The maximum atomic E-state index is 15.0. The fourth-order valence-electron chi connectivity index (χ4n) is 5.46. The summed E-state index contributed by atoms with van der Waals surface area (Å²) in [6.07, 6.45) is 0.309. The minimum atomic E-state index is -1.46. The number of hydrogen-bond acceptors (Lipinski definition) is 7. The van der Waals surface area contributed by atoms with Gasteiger partial charge in [0.25, 0.3) is 5.56 Å². The summed E-state index contributed by atoms with van der Waals surface area (Å²) in [6, 6.07) is 3.28. The Morgan fingerprint density at radius 3 is 2.80 bits per heavy atom. The number of pyridine rings is 2. The van der Waals surface area contributed by atoms with Crippen LogP contribution < -0.4 is 20.5 Å². The molecule has 5 heterocycles. The quantitative estimate of drug-likeness (QED) is 0.463. The van der Waals surface area contributed by atoms with Crippen LogP contribution in [0.1, 0.15) is 43.9 Å². The molecule has 182 valence electrons. The standard InChI is InChI=1S/C26H27FN4O4/c1-6-26(33)13(4)34-10-15-16(26)7-19-21-14(9-31(19)25(15)32)22(28-12(2)3)20-18(29-21)8-17(27)24-23(20)30(5)11-35-24/h7-8,12,33H,4,6,9-11H2,1-3,5H3,(H,28,29)/t26-/m1/s1. The number of ether oxygens (including phenoxy) is 2. The van der Waals surface area contributed by atoms with Crippen LogP contribution in [0.15, 0.2) is 29.3 Å². The summed E-state index contributed by atoms with van der Waals surface area (Å²) in [5, 5.41) is 15.6. The molecule has 0 aliphatic carbocycles. The van der Waals surface area contributed by atoms with Crippen LogP contribution in [0.4, 0.5) is 15.8 Å². The number of nitrogens with one attached hydrogen (secondary N) is 1. The van der Waals surface area contributed by atoms with E-state index in [0.29, 0.717) is 46.7 Å². The van der Waals surface area contributed by atoms with Gasteiger partial charge in [0.05, 0.1) is 45.8 Å². The van der Waals surface area contributed by atoms with Crippen LogP contribution in [0.2, 0.25) is 0 Å². The molecule has 2 N–H and O–H groups in total. The van der Waals surface area contributed by atoms with E-state index in [0.717, 1.165) is 16.6 Å². The van der Waals surface area contributed by atoms with Gasteiger partial charge in [-0.3, -0.25) is 4.79 Å². The molecule has 0 bridgehead atoms. The van der Waals surface area contributed by atoms with Crippen molar-refractivity contribution in [3.8, 4) is 17.1 Å². The Bertz CT molecular complexity index is 1510. The third-order valence-corrected chi connectivity index (χ3v) is 7.24. The summed E-state index contributed by atoms with van der Waals surface area (Å²) >= 11 is 0. The zero-order valence-corrected chi connectivity index (χ0v) is 20.2. The van der Waals surface area contributed by atoms with Crippen molar-refractivity contribution in [1.82, 2.24) is 9.55 Å². The molecule has 8 nitrogen and oxygen atoms in total. The second-order valence-electron chi connectivity index (χ2n) is 9.75. The summed E-state index contributed by atoms with van der Waals surface area (Å²) in [4.78, 5) is 20.3. The normalized spacial score (nSPS) is 19.9. The second kappa shape index (κ2) is 7.21. The lowest BCUT2D eigenvalue weighted by molar-refractivity contribution is -0.0172. The third-order valence-electron chi connectivity index (χ3n) is 7.24. The zero-order chi connectivity index (χ0) is 24.8. The molecule has 35 heavy (non-hydrogen) atoms. The van der Waals surface area contributed by atoms with E-state index >= 15 is 0 Å². The predicted octanol–water partition coefficient (Wildman–Crippen LogP) is 3.81. The summed E-state index contributed by atoms with van der Waals surface area (Å²) in [6.45, 7) is 10.4. The van der Waals surface area contributed by atoms with Crippen molar-refractivity contribution in [2.24, 2.45) is 0 Å². The number of nitrogens with zero attached hydrogens (tertiary/aromatic N) is 3. The summed E-state index contributed by atoms with van der Waals surface area (Å²) in [5.41, 5.74) is 3.17. The molecule has 1 atom stereocenters. The topological polar surface area (TPSA) is 88.9 Å². The molecule has 1 aromatic carbocycles. The summed E-state index contributed by atoms with van der Waals surface area (Å²) < 4.78 is 27.9. The Morgan fingerprint density at radius 1 is 1.31 bits per heavy atom. The van der Waals surface area contributed by atoms with Gasteiger partial charge >= 0.3 is 0 Å². The molecule has 0 unspecified atom stereocenters. The Morgan fingerprint density at radius 2 is 2.09 bits per heavy atom. The molecule has 0 saturated carbocycles. The van der Waals surface area contributed by atoms with Gasteiger partial charge in [0.2, 0.25) is 0 Å². The first-order valence-electron chi connectivity index (χ1n) is 11.8. The monoisotopic (exact) mass is 478 g/mol. The van der Waals surface area contributed by atoms with Gasteiger partial charge in [-0.2, -0.15) is 0 Å². The number of fused-ring (bicyclic) bond motifs is 7. The van der Waals surface area contributed by atoms with E-state index in [-0.39, 0.29) is 36.4 Å². The molecular formula is C26H27FN4O4. The van der Waals surface area contributed by atoms with Gasteiger partial charge in [0.15, 0.2) is 18.3 Å². The van der Waals surface area contributed by atoms with Gasteiger partial charge in [-0.05, 0) is 26.3 Å². The molecule has 3 aliphatic heterocycles. The van der Waals surface area contributed by atoms with E-state index < -0.39 is 11.4 Å². The van der Waals surface area contributed by atoms with Crippen LogP contribution in [0.25, 0.3) is 22.3 Å². The van der Waals surface area contributed by atoms with Gasteiger partial charge in [-0.15, -0.1) is 0 Å². The van der Waals surface area contributed by atoms with Crippen molar-refractivity contribution in [3.05, 3.63) is 57.3 Å². The Kier molecular flexibility index (Phi) is 4.51. The first-order chi connectivity index (χ1) is 16.7. The third kappa shape index (κ3) is 2.81. The fraction of sp³-hybridized carbons (Fsp3) is 0.385. The maximum Gasteiger partial charge on any atom is 0.258 e. The number of anilines is 2. The Balaban J connectivity index is 1.69. The van der Waals surface area contributed by atoms with E-state index in [9.17, 15) is 14.3 Å². The lowest BCUT2D eigenvalue weighted by Gasteiger charge is -2.35. The van der Waals surface area contributed by atoms with Crippen molar-refractivity contribution in [3.63, 3.8) is 0 Å². The van der Waals surface area contributed by atoms with Gasteiger partial charge in [-0.25, -0.2) is 9.37 Å². The van der Waals surface area contributed by atoms with Crippen molar-refractivity contribution in [1.29, 1.82) is 0 Å². The highest BCUT2D eigenvalue weighted by molar-refractivity contribution is 6.07. The van der Waals surface area contributed by atoms with Crippen LogP contribution in [-0.2, 0) is 23.5 Å². The largest absolute Gasteiger partial charge is 0.490 e. The molecule has 0 amide bonds. The average molecular weight is 479 g/mol. The van der Waals surface area contributed by atoms with Crippen molar-refractivity contribution >= 4 is 22.3 Å².